The highest BCUT2D eigenvalue weighted by Gasteiger charge is 2.58. The van der Waals surface area contributed by atoms with Gasteiger partial charge in [0, 0.05) is 99.5 Å². The molecule has 6 aliphatic rings. The number of hydrogen-bond donors (Lipinski definition) is 3. The predicted molar refractivity (Wildman–Crippen MR) is 330 cm³/mol. The van der Waals surface area contributed by atoms with Gasteiger partial charge in [-0.05, 0) is 141 Å². The van der Waals surface area contributed by atoms with E-state index in [0.29, 0.717) is 104 Å². The Morgan fingerprint density at radius 1 is 0.864 bits per heavy atom. The zero-order chi connectivity index (χ0) is 61.9. The van der Waals surface area contributed by atoms with E-state index in [1.807, 2.05) is 71.1 Å². The standard InChI is InChI=1S/C67H75N9O11S/c1-41(29-49(77)12-6-5-9-25-75-58(79)22-23-59(75)80)61(81)69-42(2)55(78)31-44-16-18-45(19-17-44)38-86-65(85)73(4)27-28-87-67-34-46-30-47(35-67)33-66(32-46,39-67)40-76-43(3)52(36-68-76)50-20-21-57(71-60(50)63(83)84)74-26-24-48-11-10-13-51(53(48)37-74)62(82)72-64-70-54-14-7-8-15-56(54)88-64/h7-8,10-11,13-23,36,41-42,46-47H,5-6,9,12,24-35,37-40H2,1-4H3,(H,69,81)(H,83,84)(H,70,72,82)/t41-,42+,46?,47?,66?,67?/m1/s1. The largest absolute Gasteiger partial charge is 0.476 e. The van der Waals surface area contributed by atoms with Crippen molar-refractivity contribution < 1.29 is 52.9 Å². The number of hydrogen-bond acceptors (Lipinski definition) is 15. The van der Waals surface area contributed by atoms with Gasteiger partial charge >= 0.3 is 12.1 Å². The van der Waals surface area contributed by atoms with Gasteiger partial charge < -0.3 is 29.7 Å². The first kappa shape index (κ1) is 61.2. The number of aromatic nitrogens is 4. The Bertz CT molecular complexity index is 3660. The molecule has 88 heavy (non-hydrogen) atoms. The number of carbonyl (C=O) groups is 8. The number of fused-ring (bicyclic) bond motifs is 2. The third-order valence-electron chi connectivity index (χ3n) is 18.4. The third-order valence-corrected chi connectivity index (χ3v) is 19.4. The topological polar surface area (TPSA) is 253 Å². The fourth-order valence-corrected chi connectivity index (χ4v) is 15.1. The molecule has 5 amide bonds. The summed E-state index contributed by atoms with van der Waals surface area (Å²) in [6.45, 7) is 7.98. The number of carboxylic acid groups (broad SMARTS) is 1. The van der Waals surface area contributed by atoms with Crippen molar-refractivity contribution in [1.29, 1.82) is 0 Å². The minimum atomic E-state index is -1.14. The smallest absolute Gasteiger partial charge is 0.409 e. The van der Waals surface area contributed by atoms with Gasteiger partial charge in [0.15, 0.2) is 16.6 Å². The fourth-order valence-electron chi connectivity index (χ4n) is 14.2. The van der Waals surface area contributed by atoms with Crippen LogP contribution in [0.4, 0.5) is 15.7 Å². The number of carboxylic acids is 1. The lowest BCUT2D eigenvalue weighted by atomic mass is 9.48. The molecule has 0 saturated heterocycles. The van der Waals surface area contributed by atoms with Crippen LogP contribution in [-0.2, 0) is 66.0 Å². The molecule has 4 fully saturated rings. The van der Waals surface area contributed by atoms with Crippen molar-refractivity contribution in [2.75, 3.05) is 43.5 Å². The summed E-state index contributed by atoms with van der Waals surface area (Å²) in [5.41, 5.74) is 6.42. The molecule has 4 atom stereocenters. The highest BCUT2D eigenvalue weighted by atomic mass is 32.1. The summed E-state index contributed by atoms with van der Waals surface area (Å²) in [5, 5.41) is 21.8. The van der Waals surface area contributed by atoms with E-state index in [4.69, 9.17) is 19.6 Å². The first-order valence-corrected chi connectivity index (χ1v) is 31.4. The summed E-state index contributed by atoms with van der Waals surface area (Å²) in [7, 11) is 1.70. The monoisotopic (exact) mass is 1210 g/mol. The van der Waals surface area contributed by atoms with Crippen LogP contribution in [0.15, 0.2) is 97.2 Å². The average molecular weight is 1210 g/mol. The Morgan fingerprint density at radius 2 is 1.61 bits per heavy atom. The van der Waals surface area contributed by atoms with Crippen molar-refractivity contribution in [1.82, 2.24) is 34.9 Å². The maximum atomic E-state index is 13.7. The minimum Gasteiger partial charge on any atom is -0.476 e. The highest BCUT2D eigenvalue weighted by Crippen LogP contribution is 2.63. The van der Waals surface area contributed by atoms with Gasteiger partial charge in [-0.15, -0.1) is 0 Å². The maximum Gasteiger partial charge on any atom is 0.409 e. The number of likely N-dealkylation sites (N-methyl/N-ethyl adjacent to an activating group) is 1. The molecule has 4 bridgehead atoms. The summed E-state index contributed by atoms with van der Waals surface area (Å²) < 4.78 is 15.6. The summed E-state index contributed by atoms with van der Waals surface area (Å²) in [5.74, 6) is -1.75. The predicted octanol–water partition coefficient (Wildman–Crippen LogP) is 9.70. The molecule has 3 aromatic carbocycles. The van der Waals surface area contributed by atoms with E-state index >= 15 is 0 Å². The summed E-state index contributed by atoms with van der Waals surface area (Å²) in [6.07, 6.45) is 12.8. The van der Waals surface area contributed by atoms with E-state index in [2.05, 4.69) is 15.6 Å². The second-order valence-electron chi connectivity index (χ2n) is 25.0. The van der Waals surface area contributed by atoms with Crippen LogP contribution in [-0.4, -0.2) is 127 Å². The fraction of sp³-hybridized carbons (Fsp3) is 0.448. The highest BCUT2D eigenvalue weighted by molar-refractivity contribution is 7.22. The molecule has 5 heterocycles. The molecule has 2 unspecified atom stereocenters. The van der Waals surface area contributed by atoms with E-state index in [1.165, 1.54) is 39.7 Å². The number of para-hydroxylation sites is 1. The molecule has 2 aliphatic heterocycles. The molecule has 0 spiro atoms. The zero-order valence-electron chi connectivity index (χ0n) is 50.3. The third kappa shape index (κ3) is 13.8. The molecule has 460 valence electrons. The van der Waals surface area contributed by atoms with E-state index in [1.54, 1.807) is 51.4 Å². The summed E-state index contributed by atoms with van der Waals surface area (Å²) in [6, 6.07) is 23.6. The van der Waals surface area contributed by atoms with Gasteiger partial charge in [0.1, 0.15) is 18.2 Å². The van der Waals surface area contributed by atoms with Gasteiger partial charge in [-0.3, -0.25) is 43.7 Å². The van der Waals surface area contributed by atoms with Crippen molar-refractivity contribution in [3.8, 4) is 11.1 Å². The summed E-state index contributed by atoms with van der Waals surface area (Å²) in [4.78, 5) is 116. The molecule has 4 aliphatic carbocycles. The number of amides is 5. The lowest BCUT2D eigenvalue weighted by Gasteiger charge is -2.61. The van der Waals surface area contributed by atoms with Gasteiger partial charge in [0.2, 0.25) is 5.91 Å². The Morgan fingerprint density at radius 3 is 2.36 bits per heavy atom. The zero-order valence-corrected chi connectivity index (χ0v) is 51.1. The van der Waals surface area contributed by atoms with Gasteiger partial charge in [-0.2, -0.15) is 5.10 Å². The maximum absolute atomic E-state index is 13.7. The number of benzene rings is 3. The molecule has 12 rings (SSSR count). The number of ether oxygens (including phenoxy) is 2. The molecule has 21 heteroatoms. The van der Waals surface area contributed by atoms with E-state index in [-0.39, 0.29) is 77.8 Å². The normalized spacial score (nSPS) is 20.7. The molecule has 4 saturated carbocycles. The molecule has 3 N–H and O–H groups in total. The van der Waals surface area contributed by atoms with Gasteiger partial charge in [0.25, 0.3) is 17.7 Å². The number of rotatable bonds is 26. The number of aromatic carboxylic acids is 1. The van der Waals surface area contributed by atoms with Crippen LogP contribution in [0.25, 0.3) is 21.3 Å². The molecule has 20 nitrogen and oxygen atoms in total. The number of pyridine rings is 1. The molecule has 6 aromatic rings. The second-order valence-corrected chi connectivity index (χ2v) is 26.0. The lowest BCUT2D eigenvalue weighted by Crippen LogP contribution is -2.58. The Balaban J connectivity index is 0.628. The Hall–Kier alpha value is -8.43. The Kier molecular flexibility index (Phi) is 18.2. The first-order valence-electron chi connectivity index (χ1n) is 30.6. The number of unbranched alkanes of at least 4 members (excludes halogenated alkanes) is 2. The number of nitrogens with zero attached hydrogens (tertiary/aromatic N) is 7. The van der Waals surface area contributed by atoms with Crippen LogP contribution < -0.4 is 15.5 Å². The number of carbonyl (C=O) groups excluding carboxylic acids is 7. The molecular formula is C67H75N9O11S. The Labute approximate surface area is 515 Å². The van der Waals surface area contributed by atoms with Crippen molar-refractivity contribution in [3.63, 3.8) is 0 Å². The molecule has 3 aromatic heterocycles. The first-order chi connectivity index (χ1) is 42.3. The quantitative estimate of drug-likeness (QED) is 0.0338. The van der Waals surface area contributed by atoms with Crippen LogP contribution in [0.2, 0.25) is 0 Å². The van der Waals surface area contributed by atoms with Gasteiger partial charge in [0.05, 0.1) is 34.7 Å². The molecule has 0 radical (unpaired) electrons. The minimum absolute atomic E-state index is 0.0363. The van der Waals surface area contributed by atoms with Crippen LogP contribution >= 0.6 is 11.3 Å². The number of anilines is 2. The number of thiazole rings is 1. The van der Waals surface area contributed by atoms with Crippen molar-refractivity contribution in [2.24, 2.45) is 23.2 Å². The van der Waals surface area contributed by atoms with E-state index in [9.17, 15) is 43.5 Å². The second kappa shape index (κ2) is 26.1. The van der Waals surface area contributed by atoms with Crippen LogP contribution in [0, 0.1) is 30.1 Å². The van der Waals surface area contributed by atoms with Gasteiger partial charge in [-0.25, -0.2) is 19.6 Å². The summed E-state index contributed by atoms with van der Waals surface area (Å²) >= 11 is 1.42. The number of nitrogens with one attached hydrogen (secondary N) is 2. The van der Waals surface area contributed by atoms with Gasteiger partial charge in [-0.1, -0.05) is 73.2 Å². The number of imide groups is 1. The lowest BCUT2D eigenvalue weighted by molar-refractivity contribution is -0.197. The van der Waals surface area contributed by atoms with Crippen LogP contribution in [0.5, 0.6) is 0 Å². The molecular weight excluding hydrogens is 1140 g/mol. The van der Waals surface area contributed by atoms with Crippen molar-refractivity contribution in [2.45, 2.75) is 136 Å². The van der Waals surface area contributed by atoms with E-state index < -0.39 is 24.0 Å². The SMILES string of the molecule is Cc1c(-c2ccc(N3CCc4cccc(C(=O)Nc5nc6ccccc6s5)c4C3)nc2C(=O)O)cnn1CC12CC3CC(C1)CC(OCCN(C)C(=O)OCc1ccc(CC(=O)[C@H](C)NC(=O)[C@H](C)CC(=O)CCCCCN4C(=O)C=CC4=O)cc1)(C3)C2. The number of Topliss-reactive ketones (excluding diaryl/α,β-unsaturated/α-hetero) is 2. The average Bonchev–Trinajstić information content (AvgIpc) is 0.786. The van der Waals surface area contributed by atoms with E-state index in [0.717, 1.165) is 70.3 Å². The van der Waals surface area contributed by atoms with Crippen molar-refractivity contribution in [3.05, 3.63) is 136 Å². The number of ketones is 2. The van der Waals surface area contributed by atoms with Crippen molar-refractivity contribution >= 4 is 79.8 Å². The van der Waals surface area contributed by atoms with Crippen LogP contribution in [0.3, 0.4) is 0 Å². The van der Waals surface area contributed by atoms with Crippen LogP contribution in [0.1, 0.15) is 133 Å².